The summed E-state index contributed by atoms with van der Waals surface area (Å²) in [7, 11) is -3.84. The number of primary sulfonamides is 1. The molecule has 1 amide bonds. The number of nitrogens with two attached hydrogens (primary N) is 1. The SMILES string of the molecule is CC1=NN(c2ccc(S(N)(=O)=O)cc2)C(=O)/C1=C/c1ccc(-c2ccc(C(=O)O)cc2)o1. The highest BCUT2D eigenvalue weighted by Gasteiger charge is 2.29. The van der Waals surface area contributed by atoms with Crippen LogP contribution in [-0.4, -0.2) is 31.1 Å². The Morgan fingerprint density at radius 3 is 2.31 bits per heavy atom. The lowest BCUT2D eigenvalue weighted by Crippen LogP contribution is -2.21. The number of carbonyl (C=O) groups is 2. The molecule has 0 bridgehead atoms. The van der Waals surface area contributed by atoms with Crippen LogP contribution >= 0.6 is 0 Å². The molecule has 0 radical (unpaired) electrons. The Balaban J connectivity index is 1.57. The van der Waals surface area contributed by atoms with Crippen molar-refractivity contribution in [2.24, 2.45) is 10.2 Å². The van der Waals surface area contributed by atoms with Gasteiger partial charge in [0.2, 0.25) is 10.0 Å². The third-order valence-electron chi connectivity index (χ3n) is 4.80. The second-order valence-electron chi connectivity index (χ2n) is 6.98. The molecule has 9 nitrogen and oxygen atoms in total. The molecule has 1 aromatic heterocycles. The summed E-state index contributed by atoms with van der Waals surface area (Å²) in [5, 5.41) is 19.5. The zero-order valence-corrected chi connectivity index (χ0v) is 17.5. The number of anilines is 1. The summed E-state index contributed by atoms with van der Waals surface area (Å²) >= 11 is 0. The Bertz CT molecular complexity index is 1380. The minimum absolute atomic E-state index is 0.0659. The quantitative estimate of drug-likeness (QED) is 0.571. The number of amides is 1. The molecule has 0 unspecified atom stereocenters. The summed E-state index contributed by atoms with van der Waals surface area (Å²) in [5.41, 5.74) is 2.04. The molecule has 0 saturated heterocycles. The Morgan fingerprint density at radius 2 is 1.72 bits per heavy atom. The van der Waals surface area contributed by atoms with Gasteiger partial charge in [-0.1, -0.05) is 12.1 Å². The minimum atomic E-state index is -3.84. The fraction of sp³-hybridized carbons (Fsp3) is 0.0455. The lowest BCUT2D eigenvalue weighted by atomic mass is 10.1. The predicted octanol–water partition coefficient (Wildman–Crippen LogP) is 3.10. The summed E-state index contributed by atoms with van der Waals surface area (Å²) in [6, 6.07) is 15.2. The molecule has 4 rings (SSSR count). The predicted molar refractivity (Wildman–Crippen MR) is 117 cm³/mol. The van der Waals surface area contributed by atoms with Crippen molar-refractivity contribution in [3.8, 4) is 11.3 Å². The van der Waals surface area contributed by atoms with Crippen LogP contribution in [-0.2, 0) is 14.8 Å². The molecule has 0 atom stereocenters. The van der Waals surface area contributed by atoms with Gasteiger partial charge in [0, 0.05) is 5.56 Å². The summed E-state index contributed by atoms with van der Waals surface area (Å²) in [5.74, 6) is -0.467. The average molecular weight is 451 g/mol. The maximum atomic E-state index is 12.9. The first-order valence-electron chi connectivity index (χ1n) is 9.31. The number of furan rings is 1. The second kappa shape index (κ2) is 7.91. The third kappa shape index (κ3) is 4.09. The number of carboxylic acids is 1. The first-order valence-corrected chi connectivity index (χ1v) is 10.9. The largest absolute Gasteiger partial charge is 0.478 e. The number of hydrazone groups is 1. The molecule has 10 heteroatoms. The number of benzene rings is 2. The molecule has 1 aliphatic rings. The van der Waals surface area contributed by atoms with E-state index < -0.39 is 21.9 Å². The molecular formula is C22H17N3O6S. The van der Waals surface area contributed by atoms with Crippen LogP contribution in [0.5, 0.6) is 0 Å². The van der Waals surface area contributed by atoms with Gasteiger partial charge in [0.15, 0.2) is 0 Å². The molecule has 3 N–H and O–H groups in total. The fourth-order valence-corrected chi connectivity index (χ4v) is 3.66. The smallest absolute Gasteiger partial charge is 0.335 e. The molecule has 3 aromatic rings. The van der Waals surface area contributed by atoms with E-state index >= 15 is 0 Å². The van der Waals surface area contributed by atoms with Gasteiger partial charge in [-0.05, 0) is 61.5 Å². The molecule has 2 heterocycles. The number of hydrogen-bond donors (Lipinski definition) is 2. The monoisotopic (exact) mass is 451 g/mol. The van der Waals surface area contributed by atoms with E-state index in [1.807, 2.05) is 0 Å². The van der Waals surface area contributed by atoms with E-state index in [-0.39, 0.29) is 10.5 Å². The number of nitrogens with zero attached hydrogens (tertiary/aromatic N) is 2. The molecular weight excluding hydrogens is 434 g/mol. The molecule has 0 aliphatic carbocycles. The standard InChI is InChI=1S/C22H17N3O6S/c1-13-19(21(26)25(24-13)16-6-9-18(10-7-16)32(23,29)30)12-17-8-11-20(31-17)14-2-4-15(5-3-14)22(27)28/h2-12H,1H3,(H,27,28)(H2,23,29,30)/b19-12+. The highest BCUT2D eigenvalue weighted by Crippen LogP contribution is 2.28. The maximum Gasteiger partial charge on any atom is 0.335 e. The normalized spacial score (nSPS) is 15.3. The zero-order chi connectivity index (χ0) is 23.0. The van der Waals surface area contributed by atoms with Gasteiger partial charge in [-0.3, -0.25) is 4.79 Å². The number of rotatable bonds is 5. The highest BCUT2D eigenvalue weighted by atomic mass is 32.2. The fourth-order valence-electron chi connectivity index (χ4n) is 3.14. The Labute approximate surface area is 183 Å². The van der Waals surface area contributed by atoms with Crippen LogP contribution in [0, 0.1) is 0 Å². The van der Waals surface area contributed by atoms with E-state index in [0.717, 1.165) is 0 Å². The Kier molecular flexibility index (Phi) is 5.25. The summed E-state index contributed by atoms with van der Waals surface area (Å²) in [6.07, 6.45) is 1.56. The Morgan fingerprint density at radius 1 is 1.06 bits per heavy atom. The van der Waals surface area contributed by atoms with Crippen LogP contribution in [0.1, 0.15) is 23.0 Å². The van der Waals surface area contributed by atoms with Crippen molar-refractivity contribution in [1.29, 1.82) is 0 Å². The molecule has 0 saturated carbocycles. The van der Waals surface area contributed by atoms with Crippen LogP contribution < -0.4 is 10.1 Å². The number of sulfonamides is 1. The zero-order valence-electron chi connectivity index (χ0n) is 16.7. The van der Waals surface area contributed by atoms with Crippen LogP contribution in [0.15, 0.2) is 80.7 Å². The van der Waals surface area contributed by atoms with Gasteiger partial charge < -0.3 is 9.52 Å². The van der Waals surface area contributed by atoms with Gasteiger partial charge >= 0.3 is 5.97 Å². The first-order chi connectivity index (χ1) is 15.1. The molecule has 0 spiro atoms. The maximum absolute atomic E-state index is 12.9. The molecule has 0 fully saturated rings. The lowest BCUT2D eigenvalue weighted by Gasteiger charge is -2.11. The topological polar surface area (TPSA) is 143 Å². The van der Waals surface area contributed by atoms with Crippen LogP contribution in [0.25, 0.3) is 17.4 Å². The van der Waals surface area contributed by atoms with Crippen molar-refractivity contribution < 1.29 is 27.5 Å². The number of hydrogen-bond acceptors (Lipinski definition) is 6. The summed E-state index contributed by atoms with van der Waals surface area (Å²) in [6.45, 7) is 1.68. The van der Waals surface area contributed by atoms with E-state index in [1.165, 1.54) is 41.4 Å². The van der Waals surface area contributed by atoms with Crippen LogP contribution in [0.3, 0.4) is 0 Å². The molecule has 32 heavy (non-hydrogen) atoms. The molecule has 1 aliphatic heterocycles. The lowest BCUT2D eigenvalue weighted by molar-refractivity contribution is -0.114. The number of carboxylic acid groups (broad SMARTS) is 1. The van der Waals surface area contributed by atoms with Crippen molar-refractivity contribution in [2.75, 3.05) is 5.01 Å². The van der Waals surface area contributed by atoms with E-state index in [2.05, 4.69) is 5.10 Å². The van der Waals surface area contributed by atoms with E-state index in [9.17, 15) is 18.0 Å². The number of aromatic carboxylic acids is 1. The van der Waals surface area contributed by atoms with Crippen molar-refractivity contribution in [3.05, 3.63) is 77.6 Å². The van der Waals surface area contributed by atoms with E-state index in [1.54, 1.807) is 37.3 Å². The van der Waals surface area contributed by atoms with Gasteiger partial charge in [-0.15, -0.1) is 0 Å². The van der Waals surface area contributed by atoms with Crippen molar-refractivity contribution in [1.82, 2.24) is 0 Å². The third-order valence-corrected chi connectivity index (χ3v) is 5.73. The van der Waals surface area contributed by atoms with Gasteiger partial charge in [-0.25, -0.2) is 18.4 Å². The first kappa shape index (κ1) is 21.2. The van der Waals surface area contributed by atoms with Crippen LogP contribution in [0.2, 0.25) is 0 Å². The van der Waals surface area contributed by atoms with Gasteiger partial charge in [0.05, 0.1) is 27.4 Å². The highest BCUT2D eigenvalue weighted by molar-refractivity contribution is 7.89. The number of carbonyl (C=O) groups excluding carboxylic acids is 1. The molecule has 2 aromatic carbocycles. The summed E-state index contributed by atoms with van der Waals surface area (Å²) < 4.78 is 28.6. The second-order valence-corrected chi connectivity index (χ2v) is 8.55. The van der Waals surface area contributed by atoms with E-state index in [0.29, 0.717) is 34.1 Å². The van der Waals surface area contributed by atoms with Crippen molar-refractivity contribution >= 4 is 39.4 Å². The minimum Gasteiger partial charge on any atom is -0.478 e. The van der Waals surface area contributed by atoms with Crippen molar-refractivity contribution in [2.45, 2.75) is 11.8 Å². The van der Waals surface area contributed by atoms with Crippen molar-refractivity contribution in [3.63, 3.8) is 0 Å². The van der Waals surface area contributed by atoms with Crippen LogP contribution in [0.4, 0.5) is 5.69 Å². The van der Waals surface area contributed by atoms with Gasteiger partial charge in [-0.2, -0.15) is 10.1 Å². The van der Waals surface area contributed by atoms with Gasteiger partial charge in [0.25, 0.3) is 5.91 Å². The van der Waals surface area contributed by atoms with Gasteiger partial charge in [0.1, 0.15) is 11.5 Å². The average Bonchev–Trinajstić information content (AvgIpc) is 3.33. The molecule has 162 valence electrons. The summed E-state index contributed by atoms with van der Waals surface area (Å²) in [4.78, 5) is 23.8. The Hall–Kier alpha value is -4.02. The van der Waals surface area contributed by atoms with E-state index in [4.69, 9.17) is 14.7 Å².